The van der Waals surface area contributed by atoms with Gasteiger partial charge in [0, 0.05) is 31.5 Å². The second-order valence-electron chi connectivity index (χ2n) is 5.67. The lowest BCUT2D eigenvalue weighted by atomic mass is 10.0. The van der Waals surface area contributed by atoms with Gasteiger partial charge in [0.2, 0.25) is 0 Å². The van der Waals surface area contributed by atoms with Crippen LogP contribution in [-0.4, -0.2) is 29.7 Å². The number of nitrogens with two attached hydrogens (primary N) is 1. The van der Waals surface area contributed by atoms with Gasteiger partial charge in [-0.2, -0.15) is 0 Å². The Hall–Kier alpha value is -1.63. The van der Waals surface area contributed by atoms with Crippen LogP contribution < -0.4 is 11.1 Å². The van der Waals surface area contributed by atoms with Crippen LogP contribution in [0.5, 0.6) is 0 Å². The maximum absolute atomic E-state index is 14.2. The SMILES string of the molecule is Nc1cc(-c2nc(NCC3CCOCC3)c(F)cc2Cl)c(Cl)cn1. The molecule has 0 saturated carbocycles. The number of nitrogens with zero attached hydrogens (tertiary/aromatic N) is 2. The molecule has 5 nitrogen and oxygen atoms in total. The lowest BCUT2D eigenvalue weighted by Crippen LogP contribution is -2.23. The first kappa shape index (κ1) is 17.2. The molecular weight excluding hydrogens is 354 g/mol. The third-order valence-corrected chi connectivity index (χ3v) is 4.55. The fourth-order valence-electron chi connectivity index (χ4n) is 2.61. The number of nitrogens with one attached hydrogen (secondary N) is 1. The van der Waals surface area contributed by atoms with Crippen LogP contribution >= 0.6 is 23.2 Å². The number of anilines is 2. The van der Waals surface area contributed by atoms with Crippen molar-refractivity contribution in [2.45, 2.75) is 12.8 Å². The van der Waals surface area contributed by atoms with E-state index in [-0.39, 0.29) is 16.7 Å². The number of hydrogen-bond acceptors (Lipinski definition) is 5. The number of hydrogen-bond donors (Lipinski definition) is 2. The summed E-state index contributed by atoms with van der Waals surface area (Å²) in [5.74, 6) is 0.355. The summed E-state index contributed by atoms with van der Waals surface area (Å²) in [5, 5.41) is 3.58. The van der Waals surface area contributed by atoms with Crippen LogP contribution in [-0.2, 0) is 4.74 Å². The molecule has 0 atom stereocenters. The molecule has 1 fully saturated rings. The Morgan fingerprint density at radius 2 is 2.00 bits per heavy atom. The molecule has 3 rings (SSSR count). The molecule has 1 saturated heterocycles. The Morgan fingerprint density at radius 3 is 2.75 bits per heavy atom. The molecule has 2 aromatic rings. The van der Waals surface area contributed by atoms with E-state index in [0.29, 0.717) is 28.7 Å². The lowest BCUT2D eigenvalue weighted by Gasteiger charge is -2.22. The van der Waals surface area contributed by atoms with Gasteiger partial charge in [0.15, 0.2) is 11.6 Å². The Bertz CT molecular complexity index is 738. The molecule has 0 spiro atoms. The van der Waals surface area contributed by atoms with Crippen molar-refractivity contribution < 1.29 is 9.13 Å². The maximum Gasteiger partial charge on any atom is 0.166 e. The first-order valence-corrected chi connectivity index (χ1v) is 8.39. The quantitative estimate of drug-likeness (QED) is 0.850. The Kier molecular flexibility index (Phi) is 5.38. The zero-order valence-electron chi connectivity index (χ0n) is 12.9. The highest BCUT2D eigenvalue weighted by Gasteiger charge is 2.18. The van der Waals surface area contributed by atoms with E-state index >= 15 is 0 Å². The standard InChI is InChI=1S/C16H17Cl2FN4O/c17-11-6-13(19)16(22-7-9-1-3-24-4-2-9)23-15(11)10-5-14(20)21-8-12(10)18/h5-6,8-9H,1-4,7H2,(H2,20,21)(H,22,23). The molecule has 0 unspecified atom stereocenters. The summed E-state index contributed by atoms with van der Waals surface area (Å²) in [6, 6.07) is 2.79. The minimum absolute atomic E-state index is 0.146. The fraction of sp³-hybridized carbons (Fsp3) is 0.375. The van der Waals surface area contributed by atoms with Crippen molar-refractivity contribution in [1.29, 1.82) is 0 Å². The van der Waals surface area contributed by atoms with Crippen molar-refractivity contribution in [3.8, 4) is 11.3 Å². The number of nitrogen functional groups attached to an aromatic ring is 1. The molecule has 1 aliphatic rings. The van der Waals surface area contributed by atoms with Crippen LogP contribution in [0.25, 0.3) is 11.3 Å². The van der Waals surface area contributed by atoms with Crippen LogP contribution in [0.2, 0.25) is 10.0 Å². The predicted octanol–water partition coefficient (Wildman–Crippen LogP) is 4.01. The zero-order valence-corrected chi connectivity index (χ0v) is 14.4. The normalized spacial score (nSPS) is 15.5. The lowest BCUT2D eigenvalue weighted by molar-refractivity contribution is 0.0699. The van der Waals surface area contributed by atoms with Gasteiger partial charge in [0.25, 0.3) is 0 Å². The van der Waals surface area contributed by atoms with Gasteiger partial charge in [-0.15, -0.1) is 0 Å². The summed E-state index contributed by atoms with van der Waals surface area (Å²) < 4.78 is 19.5. The molecule has 0 bridgehead atoms. The van der Waals surface area contributed by atoms with Gasteiger partial charge in [-0.25, -0.2) is 14.4 Å². The topological polar surface area (TPSA) is 73.1 Å². The van der Waals surface area contributed by atoms with Crippen molar-refractivity contribution in [2.75, 3.05) is 30.8 Å². The van der Waals surface area contributed by atoms with Crippen molar-refractivity contribution >= 4 is 34.8 Å². The van der Waals surface area contributed by atoms with E-state index in [0.717, 1.165) is 26.1 Å². The number of aromatic nitrogens is 2. The minimum Gasteiger partial charge on any atom is -0.384 e. The summed E-state index contributed by atoms with van der Waals surface area (Å²) in [4.78, 5) is 8.22. The van der Waals surface area contributed by atoms with Gasteiger partial charge < -0.3 is 15.8 Å². The molecule has 2 aromatic heterocycles. The highest BCUT2D eigenvalue weighted by Crippen LogP contribution is 2.34. The van der Waals surface area contributed by atoms with Gasteiger partial charge >= 0.3 is 0 Å². The monoisotopic (exact) mass is 370 g/mol. The van der Waals surface area contributed by atoms with Crippen molar-refractivity contribution in [1.82, 2.24) is 9.97 Å². The molecule has 0 aliphatic carbocycles. The third-order valence-electron chi connectivity index (χ3n) is 3.96. The molecule has 3 heterocycles. The highest BCUT2D eigenvalue weighted by molar-refractivity contribution is 6.36. The van der Waals surface area contributed by atoms with Gasteiger partial charge in [0.1, 0.15) is 5.82 Å². The minimum atomic E-state index is -0.506. The number of halogens is 3. The maximum atomic E-state index is 14.2. The molecule has 3 N–H and O–H groups in total. The Labute approximate surface area is 149 Å². The largest absolute Gasteiger partial charge is 0.384 e. The van der Waals surface area contributed by atoms with Crippen LogP contribution in [0.15, 0.2) is 18.3 Å². The molecule has 0 aromatic carbocycles. The molecule has 1 aliphatic heterocycles. The third kappa shape index (κ3) is 3.88. The Morgan fingerprint density at radius 1 is 1.25 bits per heavy atom. The van der Waals surface area contributed by atoms with Crippen molar-refractivity contribution in [3.63, 3.8) is 0 Å². The van der Waals surface area contributed by atoms with Crippen LogP contribution in [0, 0.1) is 11.7 Å². The van der Waals surface area contributed by atoms with Gasteiger partial charge in [-0.3, -0.25) is 0 Å². The van der Waals surface area contributed by atoms with Crippen molar-refractivity contribution in [2.24, 2.45) is 5.92 Å². The predicted molar refractivity (Wildman–Crippen MR) is 93.9 cm³/mol. The molecule has 0 radical (unpaired) electrons. The smallest absolute Gasteiger partial charge is 0.166 e. The first-order chi connectivity index (χ1) is 11.5. The van der Waals surface area contributed by atoms with E-state index in [1.54, 1.807) is 6.07 Å². The molecule has 24 heavy (non-hydrogen) atoms. The van der Waals surface area contributed by atoms with E-state index in [2.05, 4.69) is 15.3 Å². The Balaban J connectivity index is 1.86. The van der Waals surface area contributed by atoms with E-state index in [4.69, 9.17) is 33.7 Å². The number of pyridine rings is 2. The fourth-order valence-corrected chi connectivity index (χ4v) is 3.04. The van der Waals surface area contributed by atoms with Crippen LogP contribution in [0.3, 0.4) is 0 Å². The van der Waals surface area contributed by atoms with Crippen LogP contribution in [0.1, 0.15) is 12.8 Å². The summed E-state index contributed by atoms with van der Waals surface area (Å²) in [6.07, 6.45) is 3.31. The van der Waals surface area contributed by atoms with E-state index in [1.165, 1.54) is 12.3 Å². The summed E-state index contributed by atoms with van der Waals surface area (Å²) in [6.45, 7) is 2.10. The van der Waals surface area contributed by atoms with Crippen molar-refractivity contribution in [3.05, 3.63) is 34.2 Å². The van der Waals surface area contributed by atoms with Gasteiger partial charge in [-0.05, 0) is 30.9 Å². The number of rotatable bonds is 4. The zero-order chi connectivity index (χ0) is 17.1. The average molecular weight is 371 g/mol. The molecule has 128 valence electrons. The van der Waals surface area contributed by atoms with E-state index in [1.807, 2.05) is 0 Å². The molecule has 8 heteroatoms. The van der Waals surface area contributed by atoms with Crippen LogP contribution in [0.4, 0.5) is 16.0 Å². The first-order valence-electron chi connectivity index (χ1n) is 7.63. The summed E-state index contributed by atoms with van der Waals surface area (Å²) in [5.41, 5.74) is 6.58. The van der Waals surface area contributed by atoms with E-state index in [9.17, 15) is 4.39 Å². The summed E-state index contributed by atoms with van der Waals surface area (Å²) >= 11 is 12.3. The molecule has 0 amide bonds. The summed E-state index contributed by atoms with van der Waals surface area (Å²) in [7, 11) is 0. The van der Waals surface area contributed by atoms with Gasteiger partial charge in [-0.1, -0.05) is 23.2 Å². The van der Waals surface area contributed by atoms with Gasteiger partial charge in [0.05, 0.1) is 15.7 Å². The molecular formula is C16H17Cl2FN4O. The average Bonchev–Trinajstić information content (AvgIpc) is 2.57. The highest BCUT2D eigenvalue weighted by atomic mass is 35.5. The second kappa shape index (κ2) is 7.51. The van der Waals surface area contributed by atoms with E-state index < -0.39 is 5.82 Å². The number of ether oxygens (including phenoxy) is 1. The second-order valence-corrected chi connectivity index (χ2v) is 6.49.